The maximum atomic E-state index is 11.6. The quantitative estimate of drug-likeness (QED) is 0.361. The summed E-state index contributed by atoms with van der Waals surface area (Å²) in [6.07, 6.45) is 0. The smallest absolute Gasteiger partial charge is 0.362 e. The number of nitrogens with zero attached hydrogens (tertiary/aromatic N) is 2. The number of allylic oxidation sites excluding steroid dienone is 1. The highest BCUT2D eigenvalue weighted by Crippen LogP contribution is 2.29. The van der Waals surface area contributed by atoms with Gasteiger partial charge in [-0.2, -0.15) is 0 Å². The van der Waals surface area contributed by atoms with Gasteiger partial charge in [0.05, 0.1) is 13.7 Å². The monoisotopic (exact) mass is 307 g/mol. The van der Waals surface area contributed by atoms with Gasteiger partial charge in [-0.25, -0.2) is 4.79 Å². The molecule has 0 atom stereocenters. The Bertz CT molecular complexity index is 633. The van der Waals surface area contributed by atoms with Gasteiger partial charge in [0.2, 0.25) is 11.6 Å². The van der Waals surface area contributed by atoms with E-state index in [0.29, 0.717) is 5.75 Å². The predicted molar refractivity (Wildman–Crippen MR) is 78.0 cm³/mol. The summed E-state index contributed by atoms with van der Waals surface area (Å²) < 4.78 is 9.84. The molecular formula is C14H17N3O5. The molecule has 0 heterocycles. The van der Waals surface area contributed by atoms with Crippen molar-refractivity contribution in [3.8, 4) is 5.75 Å². The number of aliphatic hydroxyl groups is 1. The fourth-order valence-electron chi connectivity index (χ4n) is 1.49. The number of carbonyl (C=O) groups excluding carboxylic acids is 2. The second-order valence-electron chi connectivity index (χ2n) is 4.11. The van der Waals surface area contributed by atoms with Gasteiger partial charge in [0.25, 0.3) is 0 Å². The van der Waals surface area contributed by atoms with E-state index in [1.807, 2.05) is 0 Å². The van der Waals surface area contributed by atoms with Gasteiger partial charge in [-0.3, -0.25) is 4.79 Å². The zero-order valence-electron chi connectivity index (χ0n) is 12.5. The molecule has 1 aromatic carbocycles. The number of esters is 1. The largest absolute Gasteiger partial charge is 0.510 e. The van der Waals surface area contributed by atoms with Crippen molar-refractivity contribution in [1.82, 2.24) is 0 Å². The Morgan fingerprint density at radius 1 is 1.36 bits per heavy atom. The number of amides is 1. The molecule has 0 spiro atoms. The second-order valence-corrected chi connectivity index (χ2v) is 4.11. The summed E-state index contributed by atoms with van der Waals surface area (Å²) in [4.78, 5) is 22.8. The van der Waals surface area contributed by atoms with Crippen LogP contribution >= 0.6 is 0 Å². The minimum Gasteiger partial charge on any atom is -0.510 e. The highest BCUT2D eigenvalue weighted by molar-refractivity contribution is 5.94. The van der Waals surface area contributed by atoms with Crippen molar-refractivity contribution in [2.75, 3.05) is 13.7 Å². The molecular weight excluding hydrogens is 290 g/mol. The molecule has 0 saturated heterocycles. The number of rotatable bonds is 6. The molecule has 8 nitrogen and oxygen atoms in total. The number of hydrogen-bond donors (Lipinski definition) is 2. The van der Waals surface area contributed by atoms with Crippen LogP contribution in [0, 0.1) is 0 Å². The van der Waals surface area contributed by atoms with E-state index in [1.165, 1.54) is 32.2 Å². The Morgan fingerprint density at radius 3 is 2.55 bits per heavy atom. The van der Waals surface area contributed by atoms with Crippen LogP contribution < -0.4 is 10.5 Å². The Morgan fingerprint density at radius 2 is 2.05 bits per heavy atom. The third kappa shape index (κ3) is 4.30. The van der Waals surface area contributed by atoms with E-state index in [2.05, 4.69) is 10.2 Å². The Labute approximate surface area is 127 Å². The molecule has 0 radical (unpaired) electrons. The van der Waals surface area contributed by atoms with Crippen molar-refractivity contribution in [3.63, 3.8) is 0 Å². The lowest BCUT2D eigenvalue weighted by molar-refractivity contribution is -0.138. The highest BCUT2D eigenvalue weighted by Gasteiger charge is 2.15. The van der Waals surface area contributed by atoms with Crippen molar-refractivity contribution in [3.05, 3.63) is 35.2 Å². The molecule has 1 amide bonds. The standard InChI is InChI=1S/C14H17N3O5/c1-4-22-14(20)12(8(2)18)17-16-10-7-9(13(15)19)5-6-11(10)21-3/h5-7,18H,4H2,1-3H3,(H2,15,19). The van der Waals surface area contributed by atoms with Crippen LogP contribution in [0.25, 0.3) is 0 Å². The molecule has 0 saturated carbocycles. The van der Waals surface area contributed by atoms with Crippen LogP contribution in [-0.2, 0) is 9.53 Å². The number of aliphatic hydroxyl groups excluding tert-OH is 1. The van der Waals surface area contributed by atoms with E-state index in [4.69, 9.17) is 15.2 Å². The number of nitrogens with two attached hydrogens (primary N) is 1. The summed E-state index contributed by atoms with van der Waals surface area (Å²) >= 11 is 0. The average Bonchev–Trinajstić information content (AvgIpc) is 2.47. The van der Waals surface area contributed by atoms with Crippen LogP contribution in [0.5, 0.6) is 5.75 Å². The minimum absolute atomic E-state index is 0.131. The van der Waals surface area contributed by atoms with Gasteiger partial charge in [-0.15, -0.1) is 10.2 Å². The number of carbonyl (C=O) groups is 2. The number of benzene rings is 1. The maximum absolute atomic E-state index is 11.6. The fourth-order valence-corrected chi connectivity index (χ4v) is 1.49. The maximum Gasteiger partial charge on any atom is 0.362 e. The summed E-state index contributed by atoms with van der Waals surface area (Å²) in [7, 11) is 1.41. The Kier molecular flexibility index (Phi) is 6.06. The molecule has 0 aliphatic heterocycles. The zero-order chi connectivity index (χ0) is 16.7. The molecule has 8 heteroatoms. The van der Waals surface area contributed by atoms with Crippen molar-refractivity contribution in [1.29, 1.82) is 0 Å². The number of ether oxygens (including phenoxy) is 2. The summed E-state index contributed by atoms with van der Waals surface area (Å²) in [5.41, 5.74) is 5.24. The normalized spacial score (nSPS) is 12.0. The van der Waals surface area contributed by atoms with Gasteiger partial charge in [0, 0.05) is 5.56 Å². The van der Waals surface area contributed by atoms with E-state index in [9.17, 15) is 14.7 Å². The summed E-state index contributed by atoms with van der Waals surface area (Å²) in [5, 5.41) is 17.0. The summed E-state index contributed by atoms with van der Waals surface area (Å²) in [5.74, 6) is -1.46. The third-order valence-electron chi connectivity index (χ3n) is 2.53. The molecule has 0 aliphatic carbocycles. The number of primary amides is 1. The SMILES string of the molecule is CCOC(=O)C(N=Nc1cc(C(N)=O)ccc1OC)=C(C)O. The molecule has 0 aromatic heterocycles. The lowest BCUT2D eigenvalue weighted by Crippen LogP contribution is -2.10. The molecule has 1 aromatic rings. The van der Waals surface area contributed by atoms with Gasteiger partial charge in [0.15, 0.2) is 0 Å². The minimum atomic E-state index is -0.809. The predicted octanol–water partition coefficient (Wildman–Crippen LogP) is 2.23. The highest BCUT2D eigenvalue weighted by atomic mass is 16.5. The van der Waals surface area contributed by atoms with Gasteiger partial charge in [-0.1, -0.05) is 0 Å². The van der Waals surface area contributed by atoms with Crippen LogP contribution in [0.2, 0.25) is 0 Å². The van der Waals surface area contributed by atoms with Gasteiger partial charge >= 0.3 is 5.97 Å². The molecule has 22 heavy (non-hydrogen) atoms. The average molecular weight is 307 g/mol. The van der Waals surface area contributed by atoms with E-state index in [-0.39, 0.29) is 29.3 Å². The Hall–Kier alpha value is -2.90. The molecule has 118 valence electrons. The molecule has 0 unspecified atom stereocenters. The van der Waals surface area contributed by atoms with Gasteiger partial charge in [-0.05, 0) is 32.0 Å². The number of azo groups is 1. The first kappa shape index (κ1) is 17.2. The van der Waals surface area contributed by atoms with Crippen molar-refractivity contribution in [2.24, 2.45) is 16.0 Å². The van der Waals surface area contributed by atoms with Crippen LogP contribution in [0.1, 0.15) is 24.2 Å². The summed E-state index contributed by atoms with van der Waals surface area (Å²) in [6.45, 7) is 3.03. The van der Waals surface area contributed by atoms with E-state index >= 15 is 0 Å². The molecule has 0 bridgehead atoms. The molecule has 1 rings (SSSR count). The molecule has 0 fully saturated rings. The van der Waals surface area contributed by atoms with Crippen LogP contribution in [0.3, 0.4) is 0 Å². The second kappa shape index (κ2) is 7.77. The first-order chi connectivity index (χ1) is 10.4. The third-order valence-corrected chi connectivity index (χ3v) is 2.53. The van der Waals surface area contributed by atoms with Gasteiger partial charge < -0.3 is 20.3 Å². The van der Waals surface area contributed by atoms with Crippen molar-refractivity contribution >= 4 is 17.6 Å². The molecule has 0 aliphatic rings. The first-order valence-electron chi connectivity index (χ1n) is 6.37. The van der Waals surface area contributed by atoms with E-state index in [1.54, 1.807) is 6.92 Å². The van der Waals surface area contributed by atoms with E-state index in [0.717, 1.165) is 0 Å². The first-order valence-corrected chi connectivity index (χ1v) is 6.37. The molecule has 3 N–H and O–H groups in total. The summed E-state index contributed by atoms with van der Waals surface area (Å²) in [6, 6.07) is 4.33. The van der Waals surface area contributed by atoms with Crippen LogP contribution in [-0.4, -0.2) is 30.7 Å². The van der Waals surface area contributed by atoms with Crippen molar-refractivity contribution < 1.29 is 24.2 Å². The van der Waals surface area contributed by atoms with Crippen LogP contribution in [0.4, 0.5) is 5.69 Å². The number of hydrogen-bond acceptors (Lipinski definition) is 7. The zero-order valence-corrected chi connectivity index (χ0v) is 12.5. The van der Waals surface area contributed by atoms with Gasteiger partial charge in [0.1, 0.15) is 17.2 Å². The topological polar surface area (TPSA) is 124 Å². The van der Waals surface area contributed by atoms with E-state index < -0.39 is 11.9 Å². The lowest BCUT2D eigenvalue weighted by atomic mass is 10.2. The fraction of sp³-hybridized carbons (Fsp3) is 0.286. The van der Waals surface area contributed by atoms with Crippen LogP contribution in [0.15, 0.2) is 39.9 Å². The number of methoxy groups -OCH3 is 1. The van der Waals surface area contributed by atoms with Crippen molar-refractivity contribution in [2.45, 2.75) is 13.8 Å². The Balaban J connectivity index is 3.20. The lowest BCUT2D eigenvalue weighted by Gasteiger charge is -2.06.